The zero-order chi connectivity index (χ0) is 24.5. The van der Waals surface area contributed by atoms with Crippen molar-refractivity contribution in [2.24, 2.45) is 11.3 Å². The van der Waals surface area contributed by atoms with Crippen molar-refractivity contribution in [1.82, 2.24) is 4.90 Å². The molecular weight excluding hydrogens is 443 g/mol. The van der Waals surface area contributed by atoms with Crippen molar-refractivity contribution in [2.45, 2.75) is 26.4 Å². The van der Waals surface area contributed by atoms with Gasteiger partial charge in [-0.05, 0) is 50.6 Å². The Morgan fingerprint density at radius 2 is 2.03 bits per heavy atom. The first-order valence-corrected chi connectivity index (χ1v) is 11.5. The van der Waals surface area contributed by atoms with E-state index in [0.29, 0.717) is 57.1 Å². The molecule has 8 heteroatoms. The number of carbonyl (C=O) groups is 1. The highest BCUT2D eigenvalue weighted by Gasteiger charge is 2.51. The van der Waals surface area contributed by atoms with Crippen LogP contribution in [0.5, 0.6) is 0 Å². The zero-order valence-corrected chi connectivity index (χ0v) is 19.4. The number of fused-ring (bicyclic) bond motifs is 1. The number of carbonyl (C=O) groups excluding carboxylic acids is 1. The van der Waals surface area contributed by atoms with Gasteiger partial charge in [0.2, 0.25) is 0 Å². The van der Waals surface area contributed by atoms with Gasteiger partial charge in [-0.25, -0.2) is 0 Å². The zero-order valence-electron chi connectivity index (χ0n) is 19.4. The summed E-state index contributed by atoms with van der Waals surface area (Å²) in [7, 11) is 0. The summed E-state index contributed by atoms with van der Waals surface area (Å²) in [5.41, 5.74) is 0.574. The first-order valence-electron chi connectivity index (χ1n) is 11.5. The fourth-order valence-corrected chi connectivity index (χ4v) is 5.23. The Labute approximate surface area is 197 Å². The quantitative estimate of drug-likeness (QED) is 0.623. The number of benzene rings is 2. The molecule has 2 aromatic rings. The first-order chi connectivity index (χ1) is 16.2. The van der Waals surface area contributed by atoms with Crippen LogP contribution in [0.25, 0.3) is 0 Å². The number of halogens is 3. The van der Waals surface area contributed by atoms with Crippen molar-refractivity contribution in [1.29, 1.82) is 5.26 Å². The lowest BCUT2D eigenvalue weighted by molar-refractivity contribution is -0.137. The van der Waals surface area contributed by atoms with Gasteiger partial charge >= 0.3 is 6.18 Å². The van der Waals surface area contributed by atoms with Crippen LogP contribution in [-0.2, 0) is 10.9 Å². The summed E-state index contributed by atoms with van der Waals surface area (Å²) in [4.78, 5) is 17.1. The number of rotatable bonds is 5. The molecule has 0 aliphatic carbocycles. The van der Waals surface area contributed by atoms with Crippen LogP contribution in [-0.4, -0.2) is 50.2 Å². The largest absolute Gasteiger partial charge is 0.417 e. The summed E-state index contributed by atoms with van der Waals surface area (Å²) in [5.74, 6) is 0.0322. The average Bonchev–Trinajstić information content (AvgIpc) is 3.20. The Kier molecular flexibility index (Phi) is 6.59. The standard InChI is InChI=1S/C26H28F3N3O2/c1-3-34-17-25-9-10-31(22-8-7-20(13-30)23(12-22)26(27,28)29)14-21(25)15-32(16-25)24(33)19-6-4-5-18(2)11-19/h4-8,11-12,21H,3,9-10,14-17H2,1-2H3/t21-,25+/m1/s1. The number of hydrogen-bond donors (Lipinski definition) is 0. The Morgan fingerprint density at radius 1 is 1.24 bits per heavy atom. The minimum Gasteiger partial charge on any atom is -0.381 e. The Morgan fingerprint density at radius 3 is 2.71 bits per heavy atom. The SMILES string of the molecule is CCOC[C@@]12CCN(c3ccc(C#N)c(C(F)(F)F)c3)C[C@@H]1CN(C(=O)c1cccc(C)c1)C2. The maximum Gasteiger partial charge on any atom is 0.417 e. The third kappa shape index (κ3) is 4.62. The minimum absolute atomic E-state index is 0.0294. The number of anilines is 1. The molecule has 2 aliphatic heterocycles. The summed E-state index contributed by atoms with van der Waals surface area (Å²) < 4.78 is 46.3. The van der Waals surface area contributed by atoms with Gasteiger partial charge in [-0.3, -0.25) is 4.79 Å². The molecule has 4 rings (SSSR count). The molecule has 2 aromatic carbocycles. The number of likely N-dealkylation sites (tertiary alicyclic amines) is 1. The van der Waals surface area contributed by atoms with E-state index in [1.54, 1.807) is 12.1 Å². The predicted octanol–water partition coefficient (Wildman–Crippen LogP) is 4.89. The van der Waals surface area contributed by atoms with Crippen molar-refractivity contribution in [3.8, 4) is 6.07 Å². The Bertz CT molecular complexity index is 1110. The van der Waals surface area contributed by atoms with Gasteiger partial charge in [-0.2, -0.15) is 18.4 Å². The summed E-state index contributed by atoms with van der Waals surface area (Å²) >= 11 is 0. The molecule has 1 amide bonds. The summed E-state index contributed by atoms with van der Waals surface area (Å²) in [6, 6.07) is 13.0. The van der Waals surface area contributed by atoms with E-state index >= 15 is 0 Å². The number of ether oxygens (including phenoxy) is 1. The molecule has 2 heterocycles. The molecule has 0 spiro atoms. The highest BCUT2D eigenvalue weighted by Crippen LogP contribution is 2.45. The van der Waals surface area contributed by atoms with E-state index in [2.05, 4.69) is 0 Å². The van der Waals surface area contributed by atoms with Crippen molar-refractivity contribution >= 4 is 11.6 Å². The molecule has 5 nitrogen and oxygen atoms in total. The van der Waals surface area contributed by atoms with E-state index in [0.717, 1.165) is 11.6 Å². The fourth-order valence-electron chi connectivity index (χ4n) is 5.23. The lowest BCUT2D eigenvalue weighted by Crippen LogP contribution is -2.49. The van der Waals surface area contributed by atoms with Crippen LogP contribution in [0.15, 0.2) is 42.5 Å². The summed E-state index contributed by atoms with van der Waals surface area (Å²) in [6.45, 7) is 7.13. The van der Waals surface area contributed by atoms with Crippen LogP contribution in [0, 0.1) is 29.6 Å². The maximum atomic E-state index is 13.5. The normalized spacial score (nSPS) is 22.4. The van der Waals surface area contributed by atoms with Crippen LogP contribution >= 0.6 is 0 Å². The van der Waals surface area contributed by atoms with Gasteiger partial charge in [0.15, 0.2) is 0 Å². The van der Waals surface area contributed by atoms with Crippen molar-refractivity contribution in [3.63, 3.8) is 0 Å². The highest BCUT2D eigenvalue weighted by atomic mass is 19.4. The van der Waals surface area contributed by atoms with E-state index < -0.39 is 11.7 Å². The number of piperidine rings is 1. The van der Waals surface area contributed by atoms with Crippen LogP contribution in [0.4, 0.5) is 18.9 Å². The highest BCUT2D eigenvalue weighted by molar-refractivity contribution is 5.94. The first kappa shape index (κ1) is 24.1. The molecule has 0 unspecified atom stereocenters. The van der Waals surface area contributed by atoms with Gasteiger partial charge in [-0.15, -0.1) is 0 Å². The number of nitrogens with zero attached hydrogens (tertiary/aromatic N) is 3. The lowest BCUT2D eigenvalue weighted by Gasteiger charge is -2.44. The van der Waals surface area contributed by atoms with Crippen molar-refractivity contribution in [3.05, 3.63) is 64.7 Å². The average molecular weight is 472 g/mol. The second-order valence-electron chi connectivity index (χ2n) is 9.29. The molecule has 2 atom stereocenters. The molecule has 180 valence electrons. The molecular formula is C26H28F3N3O2. The van der Waals surface area contributed by atoms with Crippen molar-refractivity contribution < 1.29 is 22.7 Å². The van der Waals surface area contributed by atoms with E-state index in [9.17, 15) is 18.0 Å². The smallest absolute Gasteiger partial charge is 0.381 e. The van der Waals surface area contributed by atoms with Crippen LogP contribution < -0.4 is 4.90 Å². The number of nitriles is 1. The van der Waals surface area contributed by atoms with E-state index in [1.165, 1.54) is 6.07 Å². The molecule has 0 bridgehead atoms. The molecule has 2 saturated heterocycles. The third-order valence-corrected chi connectivity index (χ3v) is 7.07. The monoisotopic (exact) mass is 471 g/mol. The van der Waals surface area contributed by atoms with E-state index in [4.69, 9.17) is 10.00 Å². The topological polar surface area (TPSA) is 56.6 Å². The number of aryl methyl sites for hydroxylation is 1. The second kappa shape index (κ2) is 9.30. The van der Waals surface area contributed by atoms with Crippen LogP contribution in [0.3, 0.4) is 0 Å². The van der Waals surface area contributed by atoms with Crippen molar-refractivity contribution in [2.75, 3.05) is 44.3 Å². The molecule has 34 heavy (non-hydrogen) atoms. The molecule has 0 saturated carbocycles. The Hall–Kier alpha value is -3.05. The molecule has 0 aromatic heterocycles. The van der Waals surface area contributed by atoms with Crippen LogP contribution in [0.2, 0.25) is 0 Å². The number of hydrogen-bond acceptors (Lipinski definition) is 4. The lowest BCUT2D eigenvalue weighted by atomic mass is 9.73. The molecule has 0 radical (unpaired) electrons. The van der Waals surface area contributed by atoms with Gasteiger partial charge in [0, 0.05) is 55.4 Å². The number of alkyl halides is 3. The molecule has 2 fully saturated rings. The van der Waals surface area contributed by atoms with Gasteiger partial charge < -0.3 is 14.5 Å². The second-order valence-corrected chi connectivity index (χ2v) is 9.29. The van der Waals surface area contributed by atoms with Gasteiger partial charge in [0.25, 0.3) is 5.91 Å². The number of amides is 1. The minimum atomic E-state index is -4.60. The summed E-state index contributed by atoms with van der Waals surface area (Å²) in [5, 5.41) is 9.10. The van der Waals surface area contributed by atoms with E-state index in [1.807, 2.05) is 47.9 Å². The van der Waals surface area contributed by atoms with Gasteiger partial charge in [-0.1, -0.05) is 17.7 Å². The maximum absolute atomic E-state index is 13.5. The van der Waals surface area contributed by atoms with Gasteiger partial charge in [0.05, 0.1) is 23.8 Å². The van der Waals surface area contributed by atoms with E-state index in [-0.39, 0.29) is 22.8 Å². The Balaban J connectivity index is 1.59. The third-order valence-electron chi connectivity index (χ3n) is 7.07. The molecule has 2 aliphatic rings. The van der Waals surface area contributed by atoms with Gasteiger partial charge in [0.1, 0.15) is 0 Å². The fraction of sp³-hybridized carbons (Fsp3) is 0.462. The predicted molar refractivity (Wildman–Crippen MR) is 122 cm³/mol. The summed E-state index contributed by atoms with van der Waals surface area (Å²) in [6.07, 6.45) is -3.89. The van der Waals surface area contributed by atoms with Crippen LogP contribution in [0.1, 0.15) is 40.4 Å². The molecule has 0 N–H and O–H groups in total.